The van der Waals surface area contributed by atoms with Crippen LogP contribution in [0.4, 0.5) is 16.2 Å². The molecule has 26 heavy (non-hydrogen) atoms. The number of halogens is 1. The predicted molar refractivity (Wildman–Crippen MR) is 105 cm³/mol. The van der Waals surface area contributed by atoms with Gasteiger partial charge in [0.1, 0.15) is 5.65 Å². The van der Waals surface area contributed by atoms with Crippen LogP contribution in [0.2, 0.25) is 0 Å². The highest BCUT2D eigenvalue weighted by molar-refractivity contribution is 9.10. The minimum absolute atomic E-state index is 0.0831. The van der Waals surface area contributed by atoms with Gasteiger partial charge in [-0.2, -0.15) is 0 Å². The third-order valence-electron chi connectivity index (χ3n) is 4.68. The molecule has 1 amide bonds. The number of nitrogens with one attached hydrogen (secondary N) is 3. The van der Waals surface area contributed by atoms with Gasteiger partial charge in [0.2, 0.25) is 0 Å². The van der Waals surface area contributed by atoms with E-state index < -0.39 is 6.09 Å². The SMILES string of the molecule is CO[C@@H](C)CNc1c[nH]c2ncc(Br)c(N3CCC[C@@H](NC(=O)O)C3)c12. The average Bonchev–Trinajstić information content (AvgIpc) is 3.02. The smallest absolute Gasteiger partial charge is 0.404 e. The molecule has 1 aliphatic rings. The Kier molecular flexibility index (Phi) is 5.87. The van der Waals surface area contributed by atoms with Crippen LogP contribution >= 0.6 is 15.9 Å². The number of aromatic amines is 1. The first-order valence-corrected chi connectivity index (χ1v) is 9.45. The first-order valence-electron chi connectivity index (χ1n) is 8.66. The van der Waals surface area contributed by atoms with E-state index in [2.05, 4.69) is 41.4 Å². The van der Waals surface area contributed by atoms with Crippen LogP contribution in [0.25, 0.3) is 11.0 Å². The molecule has 1 saturated heterocycles. The van der Waals surface area contributed by atoms with E-state index in [1.54, 1.807) is 13.3 Å². The number of amides is 1. The van der Waals surface area contributed by atoms with E-state index in [0.717, 1.165) is 46.3 Å². The number of hydrogen-bond donors (Lipinski definition) is 4. The summed E-state index contributed by atoms with van der Waals surface area (Å²) in [4.78, 5) is 20.9. The fourth-order valence-corrected chi connectivity index (χ4v) is 3.87. The Labute approximate surface area is 160 Å². The van der Waals surface area contributed by atoms with Crippen molar-refractivity contribution in [1.29, 1.82) is 0 Å². The van der Waals surface area contributed by atoms with Crippen LogP contribution in [0.3, 0.4) is 0 Å². The van der Waals surface area contributed by atoms with Crippen LogP contribution in [0.5, 0.6) is 0 Å². The highest BCUT2D eigenvalue weighted by atomic mass is 79.9. The number of aromatic nitrogens is 2. The topological polar surface area (TPSA) is 103 Å². The summed E-state index contributed by atoms with van der Waals surface area (Å²) >= 11 is 3.63. The Morgan fingerprint density at radius 3 is 3.15 bits per heavy atom. The standard InChI is InChI=1S/C17H24BrN5O3/c1-10(26-2)6-19-13-8-21-16-14(13)15(12(18)7-20-16)23-5-3-4-11(9-23)22-17(24)25/h7-8,10-11,19,22H,3-6,9H2,1-2H3,(H,20,21)(H,24,25)/t10-,11+/m0/s1. The number of carboxylic acid groups (broad SMARTS) is 1. The van der Waals surface area contributed by atoms with Gasteiger partial charge in [-0.3, -0.25) is 0 Å². The van der Waals surface area contributed by atoms with Crippen LogP contribution < -0.4 is 15.5 Å². The molecule has 0 spiro atoms. The van der Waals surface area contributed by atoms with Gasteiger partial charge in [0.25, 0.3) is 0 Å². The van der Waals surface area contributed by atoms with E-state index in [1.807, 2.05) is 13.1 Å². The molecule has 1 aliphatic heterocycles. The van der Waals surface area contributed by atoms with Crippen molar-refractivity contribution in [1.82, 2.24) is 15.3 Å². The molecule has 2 aromatic rings. The number of H-pyrrole nitrogens is 1. The molecular weight excluding hydrogens is 402 g/mol. The summed E-state index contributed by atoms with van der Waals surface area (Å²) in [5.74, 6) is 0. The summed E-state index contributed by atoms with van der Waals surface area (Å²) < 4.78 is 6.20. The molecule has 2 atom stereocenters. The number of piperidine rings is 1. The molecule has 0 aliphatic carbocycles. The highest BCUT2D eigenvalue weighted by Crippen LogP contribution is 2.38. The van der Waals surface area contributed by atoms with Gasteiger partial charge in [0.15, 0.2) is 0 Å². The lowest BCUT2D eigenvalue weighted by atomic mass is 10.0. The lowest BCUT2D eigenvalue weighted by molar-refractivity contribution is 0.129. The van der Waals surface area contributed by atoms with Gasteiger partial charge in [-0.1, -0.05) is 0 Å². The van der Waals surface area contributed by atoms with Crippen molar-refractivity contribution in [2.24, 2.45) is 0 Å². The fraction of sp³-hybridized carbons (Fsp3) is 0.529. The van der Waals surface area contributed by atoms with Gasteiger partial charge in [-0.25, -0.2) is 9.78 Å². The maximum Gasteiger partial charge on any atom is 0.404 e. The summed E-state index contributed by atoms with van der Waals surface area (Å²) in [7, 11) is 1.69. The Morgan fingerprint density at radius 1 is 1.62 bits per heavy atom. The molecule has 0 bridgehead atoms. The van der Waals surface area contributed by atoms with Crippen LogP contribution in [0.1, 0.15) is 19.8 Å². The Balaban J connectivity index is 1.92. The number of ether oxygens (including phenoxy) is 1. The molecule has 3 heterocycles. The molecule has 4 N–H and O–H groups in total. The first kappa shape index (κ1) is 18.8. The van der Waals surface area contributed by atoms with Gasteiger partial charge in [0.05, 0.1) is 27.3 Å². The maximum absolute atomic E-state index is 11.0. The zero-order valence-electron chi connectivity index (χ0n) is 14.9. The van der Waals surface area contributed by atoms with E-state index in [4.69, 9.17) is 9.84 Å². The molecule has 8 nitrogen and oxygen atoms in total. The molecule has 0 unspecified atom stereocenters. The van der Waals surface area contributed by atoms with Gasteiger partial charge in [0, 0.05) is 45.2 Å². The lowest BCUT2D eigenvalue weighted by Crippen LogP contribution is -2.47. The number of nitrogens with zero attached hydrogens (tertiary/aromatic N) is 2. The minimum Gasteiger partial charge on any atom is -0.465 e. The molecule has 1 fully saturated rings. The van der Waals surface area contributed by atoms with Crippen LogP contribution in [-0.2, 0) is 4.74 Å². The van der Waals surface area contributed by atoms with E-state index in [9.17, 15) is 4.79 Å². The van der Waals surface area contributed by atoms with Crippen molar-refractivity contribution in [3.05, 3.63) is 16.9 Å². The van der Waals surface area contributed by atoms with Crippen LogP contribution in [0.15, 0.2) is 16.9 Å². The second-order valence-corrected chi connectivity index (χ2v) is 7.40. The van der Waals surface area contributed by atoms with Crippen molar-refractivity contribution in [3.63, 3.8) is 0 Å². The molecule has 9 heteroatoms. The van der Waals surface area contributed by atoms with Gasteiger partial charge < -0.3 is 30.4 Å². The number of hydrogen-bond acceptors (Lipinski definition) is 5. The number of carbonyl (C=O) groups is 1. The summed E-state index contributed by atoms with van der Waals surface area (Å²) in [5.41, 5.74) is 2.78. The normalized spacial score (nSPS) is 18.7. The summed E-state index contributed by atoms with van der Waals surface area (Å²) in [6.45, 7) is 4.18. The van der Waals surface area contributed by atoms with Crippen molar-refractivity contribution >= 4 is 44.4 Å². The monoisotopic (exact) mass is 425 g/mol. The number of anilines is 2. The number of methoxy groups -OCH3 is 1. The van der Waals surface area contributed by atoms with Crippen molar-refractivity contribution < 1.29 is 14.6 Å². The van der Waals surface area contributed by atoms with E-state index in [-0.39, 0.29) is 12.1 Å². The van der Waals surface area contributed by atoms with Crippen molar-refractivity contribution in [2.75, 3.05) is 37.0 Å². The molecule has 2 aromatic heterocycles. The quantitative estimate of drug-likeness (QED) is 0.567. The largest absolute Gasteiger partial charge is 0.465 e. The maximum atomic E-state index is 11.0. The van der Waals surface area contributed by atoms with Gasteiger partial charge in [-0.15, -0.1) is 0 Å². The fourth-order valence-electron chi connectivity index (χ4n) is 3.31. The van der Waals surface area contributed by atoms with E-state index in [0.29, 0.717) is 13.1 Å². The summed E-state index contributed by atoms with van der Waals surface area (Å²) in [5, 5.41) is 16.1. The number of pyridine rings is 1. The van der Waals surface area contributed by atoms with Gasteiger partial charge >= 0.3 is 6.09 Å². The second kappa shape index (κ2) is 8.13. The number of fused-ring (bicyclic) bond motifs is 1. The Morgan fingerprint density at radius 2 is 2.42 bits per heavy atom. The van der Waals surface area contributed by atoms with Crippen LogP contribution in [0, 0.1) is 0 Å². The lowest BCUT2D eigenvalue weighted by Gasteiger charge is -2.35. The molecule has 0 radical (unpaired) electrons. The van der Waals surface area contributed by atoms with Gasteiger partial charge in [-0.05, 0) is 35.7 Å². The molecular formula is C17H24BrN5O3. The van der Waals surface area contributed by atoms with E-state index >= 15 is 0 Å². The zero-order chi connectivity index (χ0) is 18.7. The van der Waals surface area contributed by atoms with Crippen molar-refractivity contribution in [2.45, 2.75) is 31.9 Å². The zero-order valence-corrected chi connectivity index (χ0v) is 16.5. The predicted octanol–water partition coefficient (Wildman–Crippen LogP) is 3.01. The third-order valence-corrected chi connectivity index (χ3v) is 5.26. The molecule has 3 rings (SSSR count). The van der Waals surface area contributed by atoms with Crippen LogP contribution in [-0.4, -0.2) is 60.1 Å². The Bertz CT molecular complexity index is 781. The highest BCUT2D eigenvalue weighted by Gasteiger charge is 2.25. The molecule has 0 aromatic carbocycles. The number of rotatable bonds is 6. The first-order chi connectivity index (χ1) is 12.5. The minimum atomic E-state index is -0.978. The second-order valence-electron chi connectivity index (χ2n) is 6.54. The Hall–Kier alpha value is -2.00. The van der Waals surface area contributed by atoms with E-state index in [1.165, 1.54) is 0 Å². The summed E-state index contributed by atoms with van der Waals surface area (Å²) in [6, 6.07) is -0.0831. The third kappa shape index (κ3) is 4.04. The molecule has 142 valence electrons. The summed E-state index contributed by atoms with van der Waals surface area (Å²) in [6.07, 6.45) is 4.57. The average molecular weight is 426 g/mol. The molecule has 0 saturated carbocycles. The van der Waals surface area contributed by atoms with Crippen molar-refractivity contribution in [3.8, 4) is 0 Å².